The Labute approximate surface area is 88.1 Å². The molecule has 2 N–H and O–H groups in total. The third-order valence-corrected chi connectivity index (χ3v) is 1.78. The molecule has 1 aromatic rings. The maximum absolute atomic E-state index is 5.73. The highest BCUT2D eigenvalue weighted by Gasteiger charge is 2.04. The van der Waals surface area contributed by atoms with Gasteiger partial charge in [0.15, 0.2) is 0 Å². The predicted octanol–water partition coefficient (Wildman–Crippen LogP) is 1.17. The van der Waals surface area contributed by atoms with Crippen LogP contribution >= 0.6 is 11.6 Å². The van der Waals surface area contributed by atoms with Crippen molar-refractivity contribution in [2.24, 2.45) is 0 Å². The van der Waals surface area contributed by atoms with Crippen molar-refractivity contribution in [2.45, 2.75) is 6.92 Å². The summed E-state index contributed by atoms with van der Waals surface area (Å²) in [5.74, 6) is 6.56. The van der Waals surface area contributed by atoms with E-state index in [-0.39, 0.29) is 5.95 Å². The largest absolute Gasteiger partial charge is 0.368 e. The first-order valence-electron chi connectivity index (χ1n) is 4.04. The SMILES string of the molecule is CC#CCN(C)c1cc(Cl)nc(N)n1. The fraction of sp³-hybridized carbons (Fsp3) is 0.333. The van der Waals surface area contributed by atoms with Crippen molar-refractivity contribution < 1.29 is 0 Å². The molecule has 0 saturated carbocycles. The monoisotopic (exact) mass is 210 g/mol. The van der Waals surface area contributed by atoms with Crippen LogP contribution in [0.5, 0.6) is 0 Å². The molecule has 0 amide bonds. The fourth-order valence-electron chi connectivity index (χ4n) is 0.897. The van der Waals surface area contributed by atoms with Crippen LogP contribution < -0.4 is 10.6 Å². The molecule has 0 fully saturated rings. The van der Waals surface area contributed by atoms with Crippen LogP contribution in [0.25, 0.3) is 0 Å². The van der Waals surface area contributed by atoms with E-state index in [1.807, 2.05) is 11.9 Å². The highest BCUT2D eigenvalue weighted by molar-refractivity contribution is 6.29. The summed E-state index contributed by atoms with van der Waals surface area (Å²) in [7, 11) is 1.86. The maximum Gasteiger partial charge on any atom is 0.223 e. The second-order valence-electron chi connectivity index (χ2n) is 2.69. The highest BCUT2D eigenvalue weighted by Crippen LogP contribution is 2.15. The van der Waals surface area contributed by atoms with E-state index in [0.717, 1.165) is 0 Å². The van der Waals surface area contributed by atoms with E-state index in [0.29, 0.717) is 17.5 Å². The maximum atomic E-state index is 5.73. The molecule has 0 bridgehead atoms. The van der Waals surface area contributed by atoms with Crippen LogP contribution in [-0.2, 0) is 0 Å². The van der Waals surface area contributed by atoms with Gasteiger partial charge >= 0.3 is 0 Å². The number of halogens is 1. The summed E-state index contributed by atoms with van der Waals surface area (Å²) in [6.45, 7) is 2.37. The van der Waals surface area contributed by atoms with Crippen molar-refractivity contribution in [1.29, 1.82) is 0 Å². The first kappa shape index (κ1) is 10.6. The minimum atomic E-state index is 0.170. The molecule has 0 aliphatic heterocycles. The second-order valence-corrected chi connectivity index (χ2v) is 3.08. The summed E-state index contributed by atoms with van der Waals surface area (Å²) in [4.78, 5) is 9.64. The van der Waals surface area contributed by atoms with Gasteiger partial charge in [-0.3, -0.25) is 0 Å². The van der Waals surface area contributed by atoms with Crippen molar-refractivity contribution in [2.75, 3.05) is 24.2 Å². The summed E-state index contributed by atoms with van der Waals surface area (Å²) in [5.41, 5.74) is 5.46. The molecule has 1 rings (SSSR count). The fourth-order valence-corrected chi connectivity index (χ4v) is 1.08. The van der Waals surface area contributed by atoms with Crippen LogP contribution in [0.2, 0.25) is 5.15 Å². The van der Waals surface area contributed by atoms with Crippen molar-refractivity contribution in [3.05, 3.63) is 11.2 Å². The molecule has 4 nitrogen and oxygen atoms in total. The Balaban J connectivity index is 2.87. The Bertz CT molecular complexity index is 360. The van der Waals surface area contributed by atoms with E-state index >= 15 is 0 Å². The average molecular weight is 211 g/mol. The number of hydrogen-bond donors (Lipinski definition) is 1. The zero-order valence-corrected chi connectivity index (χ0v) is 8.84. The van der Waals surface area contributed by atoms with Crippen molar-refractivity contribution in [3.63, 3.8) is 0 Å². The van der Waals surface area contributed by atoms with E-state index < -0.39 is 0 Å². The zero-order chi connectivity index (χ0) is 10.6. The van der Waals surface area contributed by atoms with E-state index in [1.165, 1.54) is 0 Å². The third kappa shape index (κ3) is 2.79. The molecule has 0 radical (unpaired) electrons. The normalized spacial score (nSPS) is 9.07. The number of nitrogens with two attached hydrogens (primary N) is 1. The Morgan fingerprint density at radius 2 is 2.29 bits per heavy atom. The lowest BCUT2D eigenvalue weighted by molar-refractivity contribution is 0.993. The lowest BCUT2D eigenvalue weighted by Gasteiger charge is -2.14. The van der Waals surface area contributed by atoms with Gasteiger partial charge in [-0.25, -0.2) is 4.98 Å². The molecule has 74 valence electrons. The standard InChI is InChI=1S/C9H11ClN4/c1-3-4-5-14(2)8-6-7(10)12-9(11)13-8/h6H,5H2,1-2H3,(H2,11,12,13). The summed E-state index contributed by atoms with van der Waals surface area (Å²) < 4.78 is 0. The Morgan fingerprint density at radius 3 is 2.86 bits per heavy atom. The minimum Gasteiger partial charge on any atom is -0.368 e. The van der Waals surface area contributed by atoms with Crippen LogP contribution in [0, 0.1) is 11.8 Å². The smallest absolute Gasteiger partial charge is 0.223 e. The molecule has 1 heterocycles. The van der Waals surface area contributed by atoms with Gasteiger partial charge in [0.1, 0.15) is 11.0 Å². The Morgan fingerprint density at radius 1 is 1.57 bits per heavy atom. The lowest BCUT2D eigenvalue weighted by atomic mass is 10.5. The van der Waals surface area contributed by atoms with Crippen LogP contribution in [0.3, 0.4) is 0 Å². The van der Waals surface area contributed by atoms with Crippen molar-refractivity contribution in [3.8, 4) is 11.8 Å². The molecular weight excluding hydrogens is 200 g/mol. The van der Waals surface area contributed by atoms with Gasteiger partial charge in [0.2, 0.25) is 5.95 Å². The van der Waals surface area contributed by atoms with Crippen molar-refractivity contribution in [1.82, 2.24) is 9.97 Å². The molecule has 5 heteroatoms. The number of nitrogen functional groups attached to an aromatic ring is 1. The van der Waals surface area contributed by atoms with Gasteiger partial charge in [-0.05, 0) is 6.92 Å². The summed E-state index contributed by atoms with van der Waals surface area (Å²) >= 11 is 5.73. The average Bonchev–Trinajstić information content (AvgIpc) is 2.12. The number of anilines is 2. The predicted molar refractivity (Wildman–Crippen MR) is 58.2 cm³/mol. The number of hydrogen-bond acceptors (Lipinski definition) is 4. The van der Waals surface area contributed by atoms with Gasteiger partial charge < -0.3 is 10.6 Å². The van der Waals surface area contributed by atoms with Gasteiger partial charge in [-0.2, -0.15) is 4.98 Å². The summed E-state index contributed by atoms with van der Waals surface area (Å²) in [6, 6.07) is 1.65. The lowest BCUT2D eigenvalue weighted by Crippen LogP contribution is -2.19. The van der Waals surface area contributed by atoms with Crippen molar-refractivity contribution >= 4 is 23.4 Å². The summed E-state index contributed by atoms with van der Waals surface area (Å²) in [5, 5.41) is 0.337. The molecule has 0 atom stereocenters. The van der Waals surface area contributed by atoms with Crippen LogP contribution in [-0.4, -0.2) is 23.6 Å². The Kier molecular flexibility index (Phi) is 3.55. The number of aromatic nitrogens is 2. The van der Waals surface area contributed by atoms with E-state index in [9.17, 15) is 0 Å². The van der Waals surface area contributed by atoms with Gasteiger partial charge in [-0.15, -0.1) is 5.92 Å². The molecule has 0 aliphatic carbocycles. The quantitative estimate of drug-likeness (QED) is 0.588. The van der Waals surface area contributed by atoms with E-state index in [2.05, 4.69) is 21.8 Å². The number of rotatable bonds is 2. The molecule has 0 aromatic carbocycles. The zero-order valence-electron chi connectivity index (χ0n) is 8.08. The first-order chi connectivity index (χ1) is 6.63. The van der Waals surface area contributed by atoms with Gasteiger partial charge in [0.05, 0.1) is 6.54 Å². The van der Waals surface area contributed by atoms with Crippen LogP contribution in [0.1, 0.15) is 6.92 Å². The third-order valence-electron chi connectivity index (χ3n) is 1.58. The molecule has 0 unspecified atom stereocenters. The second kappa shape index (κ2) is 4.68. The molecule has 0 saturated heterocycles. The molecule has 14 heavy (non-hydrogen) atoms. The van der Waals surface area contributed by atoms with Crippen LogP contribution in [0.4, 0.5) is 11.8 Å². The summed E-state index contributed by atoms with van der Waals surface area (Å²) in [6.07, 6.45) is 0. The molecule has 0 aliphatic rings. The Hall–Kier alpha value is -1.47. The molecular formula is C9H11ClN4. The first-order valence-corrected chi connectivity index (χ1v) is 4.42. The van der Waals surface area contributed by atoms with Crippen LogP contribution in [0.15, 0.2) is 6.07 Å². The van der Waals surface area contributed by atoms with Gasteiger partial charge in [0, 0.05) is 13.1 Å². The highest BCUT2D eigenvalue weighted by atomic mass is 35.5. The molecule has 0 spiro atoms. The molecule has 1 aromatic heterocycles. The van der Waals surface area contributed by atoms with E-state index in [4.69, 9.17) is 17.3 Å². The minimum absolute atomic E-state index is 0.170. The topological polar surface area (TPSA) is 55.0 Å². The van der Waals surface area contributed by atoms with E-state index in [1.54, 1.807) is 13.0 Å². The number of nitrogens with zero attached hydrogens (tertiary/aromatic N) is 3. The van der Waals surface area contributed by atoms with Gasteiger partial charge in [-0.1, -0.05) is 17.5 Å². The van der Waals surface area contributed by atoms with Gasteiger partial charge in [0.25, 0.3) is 0 Å².